The van der Waals surface area contributed by atoms with E-state index in [0.717, 1.165) is 4.57 Å². The Morgan fingerprint density at radius 2 is 2.09 bits per heavy atom. The average molecular weight is 151 g/mol. The van der Waals surface area contributed by atoms with Crippen molar-refractivity contribution >= 4 is 19.1 Å². The number of nitrogens with two attached hydrogens (primary N) is 1. The summed E-state index contributed by atoms with van der Waals surface area (Å²) in [6, 6.07) is 0. The van der Waals surface area contributed by atoms with Gasteiger partial charge in [0.2, 0.25) is 0 Å². The fraction of sp³-hybridized carbons (Fsp3) is 0.200. The molecule has 0 saturated heterocycles. The molecule has 56 valence electrons. The molecule has 5 nitrogen and oxygen atoms in total. The quantitative estimate of drug-likeness (QED) is 0.400. The summed E-state index contributed by atoms with van der Waals surface area (Å²) in [4.78, 5) is 23.9. The van der Waals surface area contributed by atoms with Crippen LogP contribution in [0.5, 0.6) is 0 Å². The predicted octanol–water partition coefficient (Wildman–Crippen LogP) is -2.55. The highest BCUT2D eigenvalue weighted by atomic mass is 16.2. The first-order valence-electron chi connectivity index (χ1n) is 2.88. The Morgan fingerprint density at radius 1 is 1.55 bits per heavy atom. The molecular weight excluding hydrogens is 145 g/mol. The van der Waals surface area contributed by atoms with Crippen LogP contribution in [0.2, 0.25) is 0 Å². The maximum Gasteiger partial charge on any atom is 0.329 e. The van der Waals surface area contributed by atoms with E-state index < -0.39 is 11.2 Å². The zero-order chi connectivity index (χ0) is 8.59. The van der Waals surface area contributed by atoms with Crippen LogP contribution in [0.15, 0.2) is 9.59 Å². The summed E-state index contributed by atoms with van der Waals surface area (Å²) >= 11 is 0. The van der Waals surface area contributed by atoms with Crippen LogP contribution in [0.1, 0.15) is 0 Å². The highest BCUT2D eigenvalue weighted by Gasteiger charge is 2.02. The molecule has 6 heteroatoms. The van der Waals surface area contributed by atoms with Crippen molar-refractivity contribution in [3.8, 4) is 0 Å². The number of nitrogen functional groups attached to an aromatic ring is 1. The molecule has 0 fully saturated rings. The topological polar surface area (TPSA) is 80.9 Å². The fourth-order valence-electron chi connectivity index (χ4n) is 0.655. The van der Waals surface area contributed by atoms with Crippen LogP contribution in [0, 0.1) is 0 Å². The first kappa shape index (κ1) is 7.65. The Balaban J connectivity index is 3.74. The number of aromatic nitrogens is 2. The van der Waals surface area contributed by atoms with Gasteiger partial charge in [-0.3, -0.25) is 14.3 Å². The van der Waals surface area contributed by atoms with Crippen molar-refractivity contribution in [1.82, 2.24) is 9.55 Å². The lowest BCUT2D eigenvalue weighted by molar-refractivity contribution is 0.787. The summed E-state index contributed by atoms with van der Waals surface area (Å²) in [5.41, 5.74) is 3.92. The second-order valence-corrected chi connectivity index (χ2v) is 2.12. The van der Waals surface area contributed by atoms with Gasteiger partial charge in [0, 0.05) is 12.5 Å². The van der Waals surface area contributed by atoms with Crippen LogP contribution in [-0.4, -0.2) is 17.4 Å². The van der Waals surface area contributed by atoms with Crippen molar-refractivity contribution in [2.24, 2.45) is 7.05 Å². The first-order valence-corrected chi connectivity index (χ1v) is 2.88. The molecule has 1 aromatic rings. The van der Waals surface area contributed by atoms with E-state index in [4.69, 9.17) is 13.6 Å². The molecule has 2 radical (unpaired) electrons. The molecule has 0 saturated carbocycles. The summed E-state index contributed by atoms with van der Waals surface area (Å²) in [7, 11) is 6.54. The SMILES string of the molecule is [B]c1c(N)[nH]c(=O)n(C)c1=O. The van der Waals surface area contributed by atoms with Gasteiger partial charge in [-0.05, 0) is 0 Å². The minimum absolute atomic E-state index is 0.0851. The number of anilines is 1. The lowest BCUT2D eigenvalue weighted by atomic mass is 9.99. The van der Waals surface area contributed by atoms with Gasteiger partial charge in [0.05, 0.1) is 0 Å². The lowest BCUT2D eigenvalue weighted by Gasteiger charge is -2.00. The first-order chi connectivity index (χ1) is 5.04. The Labute approximate surface area is 63.3 Å². The van der Waals surface area contributed by atoms with Gasteiger partial charge in [-0.2, -0.15) is 0 Å². The molecular formula is C5H6BN3O2. The summed E-state index contributed by atoms with van der Waals surface area (Å²) in [5, 5.41) is 0. The van der Waals surface area contributed by atoms with E-state index in [0.29, 0.717) is 0 Å². The molecule has 11 heavy (non-hydrogen) atoms. The van der Waals surface area contributed by atoms with Crippen molar-refractivity contribution in [3.05, 3.63) is 20.8 Å². The highest BCUT2D eigenvalue weighted by molar-refractivity contribution is 6.34. The molecule has 0 aromatic carbocycles. The highest BCUT2D eigenvalue weighted by Crippen LogP contribution is 1.75. The third-order valence-corrected chi connectivity index (χ3v) is 1.37. The normalized spacial score (nSPS) is 9.91. The Hall–Kier alpha value is -1.46. The molecule has 0 amide bonds. The van der Waals surface area contributed by atoms with Crippen LogP contribution in [0.4, 0.5) is 5.82 Å². The predicted molar refractivity (Wildman–Crippen MR) is 42.1 cm³/mol. The summed E-state index contributed by atoms with van der Waals surface area (Å²) < 4.78 is 0.853. The Bertz CT molecular complexity index is 392. The lowest BCUT2D eigenvalue weighted by Crippen LogP contribution is -2.44. The average Bonchev–Trinajstić information content (AvgIpc) is 1.97. The molecule has 0 bridgehead atoms. The smallest absolute Gasteiger partial charge is 0.329 e. The molecule has 0 aliphatic heterocycles. The number of nitrogens with one attached hydrogen (secondary N) is 1. The van der Waals surface area contributed by atoms with Gasteiger partial charge in [0.25, 0.3) is 5.56 Å². The number of nitrogens with zero attached hydrogens (tertiary/aromatic N) is 1. The molecule has 0 aliphatic carbocycles. The van der Waals surface area contributed by atoms with Crippen molar-refractivity contribution in [2.75, 3.05) is 5.73 Å². The van der Waals surface area contributed by atoms with E-state index in [1.54, 1.807) is 0 Å². The monoisotopic (exact) mass is 151 g/mol. The van der Waals surface area contributed by atoms with Crippen LogP contribution >= 0.6 is 0 Å². The Morgan fingerprint density at radius 3 is 2.64 bits per heavy atom. The van der Waals surface area contributed by atoms with E-state index in [9.17, 15) is 9.59 Å². The van der Waals surface area contributed by atoms with Crippen LogP contribution in [0.3, 0.4) is 0 Å². The number of hydrogen-bond acceptors (Lipinski definition) is 3. The number of aromatic amines is 1. The molecule has 0 unspecified atom stereocenters. The van der Waals surface area contributed by atoms with Gasteiger partial charge in [0.1, 0.15) is 13.7 Å². The minimum Gasteiger partial charge on any atom is -0.385 e. The summed E-state index contributed by atoms with van der Waals surface area (Å²) in [6.07, 6.45) is 0. The maximum absolute atomic E-state index is 10.9. The van der Waals surface area contributed by atoms with E-state index in [1.807, 2.05) is 0 Å². The molecule has 0 spiro atoms. The third-order valence-electron chi connectivity index (χ3n) is 1.37. The maximum atomic E-state index is 10.9. The van der Waals surface area contributed by atoms with E-state index in [1.165, 1.54) is 7.05 Å². The minimum atomic E-state index is -0.578. The van der Waals surface area contributed by atoms with Crippen molar-refractivity contribution in [3.63, 3.8) is 0 Å². The van der Waals surface area contributed by atoms with Gasteiger partial charge in [0.15, 0.2) is 0 Å². The summed E-state index contributed by atoms with van der Waals surface area (Å²) in [6.45, 7) is 0. The standard InChI is InChI=1S/C5H6BN3O2/c1-9-4(10)2(6)3(7)8-5(9)11/h7H2,1H3,(H,8,11). The van der Waals surface area contributed by atoms with E-state index in [-0.39, 0.29) is 11.3 Å². The summed E-state index contributed by atoms with van der Waals surface area (Å²) in [5.74, 6) is -0.0851. The number of hydrogen-bond donors (Lipinski definition) is 2. The number of H-pyrrole nitrogens is 1. The van der Waals surface area contributed by atoms with Crippen molar-refractivity contribution in [1.29, 1.82) is 0 Å². The van der Waals surface area contributed by atoms with Gasteiger partial charge in [-0.15, -0.1) is 0 Å². The van der Waals surface area contributed by atoms with Crippen LogP contribution in [-0.2, 0) is 7.05 Å². The van der Waals surface area contributed by atoms with Crippen molar-refractivity contribution < 1.29 is 0 Å². The van der Waals surface area contributed by atoms with Crippen LogP contribution in [0.25, 0.3) is 0 Å². The fourth-order valence-corrected chi connectivity index (χ4v) is 0.655. The van der Waals surface area contributed by atoms with Crippen LogP contribution < -0.4 is 22.4 Å². The molecule has 3 N–H and O–H groups in total. The molecule has 1 heterocycles. The van der Waals surface area contributed by atoms with E-state index >= 15 is 0 Å². The van der Waals surface area contributed by atoms with Gasteiger partial charge in [-0.25, -0.2) is 4.79 Å². The van der Waals surface area contributed by atoms with E-state index in [2.05, 4.69) is 4.98 Å². The largest absolute Gasteiger partial charge is 0.385 e. The van der Waals surface area contributed by atoms with Gasteiger partial charge in [-0.1, -0.05) is 0 Å². The third kappa shape index (κ3) is 1.06. The Kier molecular flexibility index (Phi) is 1.60. The van der Waals surface area contributed by atoms with Crippen molar-refractivity contribution in [2.45, 2.75) is 0 Å². The van der Waals surface area contributed by atoms with Gasteiger partial charge < -0.3 is 5.73 Å². The number of rotatable bonds is 0. The van der Waals surface area contributed by atoms with Gasteiger partial charge >= 0.3 is 5.69 Å². The molecule has 1 aromatic heterocycles. The molecule has 0 atom stereocenters. The molecule has 0 aliphatic rings. The second-order valence-electron chi connectivity index (χ2n) is 2.12. The zero-order valence-corrected chi connectivity index (χ0v) is 5.92. The second kappa shape index (κ2) is 2.30. The molecule has 1 rings (SSSR count). The zero-order valence-electron chi connectivity index (χ0n) is 5.92.